The van der Waals surface area contributed by atoms with Gasteiger partial charge in [-0.1, -0.05) is 109 Å². The van der Waals surface area contributed by atoms with E-state index in [2.05, 4.69) is 12.1 Å². The van der Waals surface area contributed by atoms with Crippen LogP contribution in [0, 0.1) is 0 Å². The Bertz CT molecular complexity index is 1450. The predicted molar refractivity (Wildman–Crippen MR) is 155 cm³/mol. The Labute approximate surface area is 243 Å². The molecule has 208 valence electrons. The lowest BCUT2D eigenvalue weighted by molar-refractivity contribution is -0.363. The summed E-state index contributed by atoms with van der Waals surface area (Å²) in [6.45, 7) is 0.746. The second-order valence-electron chi connectivity index (χ2n) is 10.1. The van der Waals surface area contributed by atoms with Crippen LogP contribution in [0.3, 0.4) is 0 Å². The van der Waals surface area contributed by atoms with Crippen LogP contribution in [0.5, 0.6) is 0 Å². The minimum Gasteiger partial charge on any atom is -0.471 e. The Hall–Kier alpha value is -3.59. The highest BCUT2D eigenvalue weighted by molar-refractivity contribution is 8.03. The third kappa shape index (κ3) is 5.77. The van der Waals surface area contributed by atoms with Crippen molar-refractivity contribution in [3.8, 4) is 0 Å². The van der Waals surface area contributed by atoms with Gasteiger partial charge in [0.1, 0.15) is 18.3 Å². The Morgan fingerprint density at radius 2 is 1.34 bits per heavy atom. The lowest BCUT2D eigenvalue weighted by atomic mass is 9.96. The monoisotopic (exact) mass is 566 g/mol. The van der Waals surface area contributed by atoms with Crippen LogP contribution >= 0.6 is 11.8 Å². The third-order valence-electron chi connectivity index (χ3n) is 7.29. The van der Waals surface area contributed by atoms with E-state index in [9.17, 15) is 0 Å². The zero-order chi connectivity index (χ0) is 27.4. The Balaban J connectivity index is 1.23. The van der Waals surface area contributed by atoms with E-state index in [0.717, 1.165) is 21.6 Å². The molecule has 4 aromatic rings. The molecule has 4 aromatic carbocycles. The molecule has 0 amide bonds. The van der Waals surface area contributed by atoms with Crippen LogP contribution in [0.4, 0.5) is 0 Å². The highest BCUT2D eigenvalue weighted by Gasteiger charge is 2.55. The van der Waals surface area contributed by atoms with Gasteiger partial charge in [0.2, 0.25) is 11.4 Å². The molecule has 2 fully saturated rings. The summed E-state index contributed by atoms with van der Waals surface area (Å²) in [6, 6.07) is 40.2. The van der Waals surface area contributed by atoms with Crippen LogP contribution in [0.15, 0.2) is 131 Å². The second kappa shape index (κ2) is 12.1. The minimum absolute atomic E-state index is 0.345. The Morgan fingerprint density at radius 1 is 0.683 bits per heavy atom. The van der Waals surface area contributed by atoms with Crippen molar-refractivity contribution < 1.29 is 28.4 Å². The topological polar surface area (TPSA) is 55.4 Å². The van der Waals surface area contributed by atoms with Gasteiger partial charge in [-0.2, -0.15) is 0 Å². The molecule has 0 saturated carbocycles. The van der Waals surface area contributed by atoms with Gasteiger partial charge in [-0.3, -0.25) is 0 Å². The van der Waals surface area contributed by atoms with Gasteiger partial charge in [0.15, 0.2) is 18.2 Å². The van der Waals surface area contributed by atoms with E-state index in [1.807, 2.05) is 109 Å². The molecule has 0 N–H and O–H groups in total. The van der Waals surface area contributed by atoms with E-state index in [0.29, 0.717) is 24.1 Å². The van der Waals surface area contributed by atoms with Gasteiger partial charge in [-0.05, 0) is 29.5 Å². The lowest BCUT2D eigenvalue weighted by Crippen LogP contribution is -2.64. The maximum absolute atomic E-state index is 6.80. The molecule has 0 radical (unpaired) electrons. The number of rotatable bonds is 7. The molecule has 7 rings (SSSR count). The number of ether oxygens (including phenoxy) is 6. The zero-order valence-electron chi connectivity index (χ0n) is 22.3. The number of hydrogen-bond donors (Lipinski definition) is 0. The molecule has 3 aliphatic rings. The molecule has 7 heteroatoms. The first-order chi connectivity index (χ1) is 20.3. The average molecular weight is 567 g/mol. The van der Waals surface area contributed by atoms with E-state index < -0.39 is 30.9 Å². The molecule has 6 nitrogen and oxygen atoms in total. The van der Waals surface area contributed by atoms with Crippen LogP contribution in [-0.2, 0) is 35.0 Å². The number of hydrogen-bond acceptors (Lipinski definition) is 7. The Morgan fingerprint density at radius 3 is 2.07 bits per heavy atom. The standard InChI is InChI=1S/C34H30O6S/c1-5-13-23(14-6-1)21-35-30-29-27(22-36-32(39-29)25-17-9-3-10-18-25)37-33-31(30)40-34(41-26-19-11-4-12-20-26)28(38-33)24-15-7-2-8-16-24/h1-20,27,29-33H,21-22H2/t27-,29-,30+,31+,32?,33+/m1/s1. The van der Waals surface area contributed by atoms with Crippen molar-refractivity contribution in [2.24, 2.45) is 0 Å². The fraction of sp³-hybridized carbons (Fsp3) is 0.235. The van der Waals surface area contributed by atoms with E-state index >= 15 is 0 Å². The van der Waals surface area contributed by atoms with E-state index in [-0.39, 0.29) is 6.10 Å². The number of fused-ring (bicyclic) bond motifs is 2. The van der Waals surface area contributed by atoms with Gasteiger partial charge in [0.25, 0.3) is 0 Å². The first-order valence-electron chi connectivity index (χ1n) is 13.8. The van der Waals surface area contributed by atoms with Gasteiger partial charge >= 0.3 is 0 Å². The van der Waals surface area contributed by atoms with Crippen molar-refractivity contribution in [3.63, 3.8) is 0 Å². The van der Waals surface area contributed by atoms with Crippen LogP contribution in [-0.4, -0.2) is 37.3 Å². The normalized spacial score (nSPS) is 27.2. The molecule has 0 aliphatic carbocycles. The number of benzene rings is 4. The molecule has 3 heterocycles. The molecule has 0 aromatic heterocycles. The Kier molecular flexibility index (Phi) is 7.77. The summed E-state index contributed by atoms with van der Waals surface area (Å²) in [5, 5.41) is 0.658. The number of thioether (sulfide) groups is 1. The molecule has 6 atom stereocenters. The summed E-state index contributed by atoms with van der Waals surface area (Å²) in [5.74, 6) is 0.640. The SMILES string of the molecule is c1ccc(CO[C@@H]2[C@@H]3OC(Sc4ccccc4)=C(c4ccccc4)O[C@@H]3O[C@@H]3COC(c4ccccc4)O[C@@H]23)cc1. The van der Waals surface area contributed by atoms with Crippen LogP contribution in [0.2, 0.25) is 0 Å². The van der Waals surface area contributed by atoms with E-state index in [1.54, 1.807) is 0 Å². The van der Waals surface area contributed by atoms with Crippen LogP contribution in [0.1, 0.15) is 23.0 Å². The van der Waals surface area contributed by atoms with Gasteiger partial charge in [0.05, 0.1) is 13.2 Å². The predicted octanol–water partition coefficient (Wildman–Crippen LogP) is 6.94. The summed E-state index contributed by atoms with van der Waals surface area (Å²) < 4.78 is 39.2. The summed E-state index contributed by atoms with van der Waals surface area (Å²) >= 11 is 1.52. The lowest BCUT2D eigenvalue weighted by Gasteiger charge is -2.50. The van der Waals surface area contributed by atoms with Gasteiger partial charge in [-0.25, -0.2) is 0 Å². The minimum atomic E-state index is -0.701. The maximum atomic E-state index is 6.80. The third-order valence-corrected chi connectivity index (χ3v) is 8.27. The highest BCUT2D eigenvalue weighted by Crippen LogP contribution is 2.45. The van der Waals surface area contributed by atoms with Crippen molar-refractivity contribution in [2.75, 3.05) is 6.61 Å². The van der Waals surface area contributed by atoms with Gasteiger partial charge < -0.3 is 28.4 Å². The van der Waals surface area contributed by atoms with Gasteiger partial charge in [0, 0.05) is 16.0 Å². The molecule has 1 unspecified atom stereocenters. The highest BCUT2D eigenvalue weighted by atomic mass is 32.2. The molecule has 0 spiro atoms. The van der Waals surface area contributed by atoms with Gasteiger partial charge in [-0.15, -0.1) is 0 Å². The summed E-state index contributed by atoms with van der Waals surface area (Å²) in [7, 11) is 0. The van der Waals surface area contributed by atoms with Crippen molar-refractivity contribution >= 4 is 17.5 Å². The van der Waals surface area contributed by atoms with Crippen LogP contribution in [0.25, 0.3) is 5.76 Å². The first-order valence-corrected chi connectivity index (χ1v) is 14.6. The first kappa shape index (κ1) is 26.3. The summed E-state index contributed by atoms with van der Waals surface area (Å²) in [6.07, 6.45) is -3.08. The largest absolute Gasteiger partial charge is 0.471 e. The zero-order valence-corrected chi connectivity index (χ0v) is 23.1. The molecule has 3 aliphatic heterocycles. The smallest absolute Gasteiger partial charge is 0.240 e. The molecular formula is C34H30O6S. The molecule has 41 heavy (non-hydrogen) atoms. The average Bonchev–Trinajstić information content (AvgIpc) is 3.04. The van der Waals surface area contributed by atoms with Crippen LogP contribution < -0.4 is 0 Å². The van der Waals surface area contributed by atoms with Crippen molar-refractivity contribution in [1.29, 1.82) is 0 Å². The fourth-order valence-corrected chi connectivity index (χ4v) is 6.21. The van der Waals surface area contributed by atoms with E-state index in [4.69, 9.17) is 28.4 Å². The molecule has 0 bridgehead atoms. The maximum Gasteiger partial charge on any atom is 0.240 e. The van der Waals surface area contributed by atoms with Crippen molar-refractivity contribution in [1.82, 2.24) is 0 Å². The molecule has 2 saturated heterocycles. The second-order valence-corrected chi connectivity index (χ2v) is 11.1. The summed E-state index contributed by atoms with van der Waals surface area (Å²) in [4.78, 5) is 1.04. The molecular weight excluding hydrogens is 536 g/mol. The quantitative estimate of drug-likeness (QED) is 0.240. The van der Waals surface area contributed by atoms with E-state index in [1.165, 1.54) is 11.8 Å². The summed E-state index contributed by atoms with van der Waals surface area (Å²) in [5.41, 5.74) is 2.93. The van der Waals surface area contributed by atoms with Crippen molar-refractivity contribution in [2.45, 2.75) is 48.5 Å². The van der Waals surface area contributed by atoms with Crippen molar-refractivity contribution in [3.05, 3.63) is 143 Å². The fourth-order valence-electron chi connectivity index (χ4n) is 5.29.